The number of rotatable bonds is 9. The third kappa shape index (κ3) is 5.58. The smallest absolute Gasteiger partial charge is 0.246 e. The van der Waals surface area contributed by atoms with Crippen molar-refractivity contribution in [1.29, 1.82) is 0 Å². The molecule has 0 amide bonds. The van der Waals surface area contributed by atoms with E-state index in [0.29, 0.717) is 29.4 Å². The Hall–Kier alpha value is -1.45. The van der Waals surface area contributed by atoms with E-state index in [2.05, 4.69) is 38.9 Å². The summed E-state index contributed by atoms with van der Waals surface area (Å²) in [5.74, 6) is 0.384. The third-order valence-electron chi connectivity index (χ3n) is 5.10. The molecule has 0 spiro atoms. The minimum absolute atomic E-state index is 0.195. The SMILES string of the molecule is CCOc1ccc(Br)cc1S(=O)(=O)N(C)CCCC1CC(c2ccccc2)NN1. The van der Waals surface area contributed by atoms with Gasteiger partial charge in [0.2, 0.25) is 10.0 Å². The van der Waals surface area contributed by atoms with Crippen molar-refractivity contribution in [3.05, 3.63) is 58.6 Å². The van der Waals surface area contributed by atoms with Crippen LogP contribution in [0.2, 0.25) is 0 Å². The molecule has 1 aliphatic heterocycles. The summed E-state index contributed by atoms with van der Waals surface area (Å²) in [7, 11) is -2.00. The number of hydrazine groups is 1. The van der Waals surface area contributed by atoms with Crippen molar-refractivity contribution in [3.8, 4) is 5.75 Å². The molecule has 0 saturated carbocycles. The molecule has 2 unspecified atom stereocenters. The maximum Gasteiger partial charge on any atom is 0.246 e. The molecule has 0 aliphatic carbocycles. The minimum Gasteiger partial charge on any atom is -0.492 e. The van der Waals surface area contributed by atoms with E-state index in [1.54, 1.807) is 25.2 Å². The van der Waals surface area contributed by atoms with Gasteiger partial charge in [0.05, 0.1) is 6.61 Å². The fourth-order valence-electron chi connectivity index (χ4n) is 3.52. The molecule has 1 aliphatic rings. The monoisotopic (exact) mass is 481 g/mol. The quantitative estimate of drug-likeness (QED) is 0.568. The number of benzene rings is 2. The lowest BCUT2D eigenvalue weighted by Gasteiger charge is -2.20. The average Bonchev–Trinajstić information content (AvgIpc) is 3.19. The van der Waals surface area contributed by atoms with Crippen molar-refractivity contribution in [2.24, 2.45) is 0 Å². The lowest BCUT2D eigenvalue weighted by molar-refractivity contribution is 0.329. The van der Waals surface area contributed by atoms with Gasteiger partial charge in [-0.3, -0.25) is 10.9 Å². The zero-order valence-corrected chi connectivity index (χ0v) is 19.2. The van der Waals surface area contributed by atoms with E-state index in [0.717, 1.165) is 19.3 Å². The molecular formula is C21H28BrN3O3S. The van der Waals surface area contributed by atoms with Crippen LogP contribution in [-0.2, 0) is 10.0 Å². The standard InChI is InChI=1S/C21H28BrN3O3S/c1-3-28-20-12-11-17(22)14-21(20)29(26,27)25(2)13-7-10-18-15-19(24-23-18)16-8-5-4-6-9-16/h4-6,8-9,11-12,14,18-19,23-24H,3,7,10,13,15H2,1-2H3. The van der Waals surface area contributed by atoms with Gasteiger partial charge in [-0.1, -0.05) is 46.3 Å². The van der Waals surface area contributed by atoms with E-state index >= 15 is 0 Å². The second-order valence-corrected chi connectivity index (χ2v) is 10.1. The van der Waals surface area contributed by atoms with Gasteiger partial charge in [0, 0.05) is 30.1 Å². The van der Waals surface area contributed by atoms with Gasteiger partial charge in [0.1, 0.15) is 10.6 Å². The fraction of sp³-hybridized carbons (Fsp3) is 0.429. The first kappa shape index (κ1) is 22.2. The molecule has 0 bridgehead atoms. The largest absolute Gasteiger partial charge is 0.492 e. The fourth-order valence-corrected chi connectivity index (χ4v) is 5.40. The van der Waals surface area contributed by atoms with Crippen LogP contribution in [0.5, 0.6) is 5.75 Å². The highest BCUT2D eigenvalue weighted by Crippen LogP contribution is 2.30. The van der Waals surface area contributed by atoms with Gasteiger partial charge in [-0.15, -0.1) is 0 Å². The molecule has 1 heterocycles. The first-order chi connectivity index (χ1) is 13.9. The topological polar surface area (TPSA) is 70.7 Å². The van der Waals surface area contributed by atoms with Gasteiger partial charge < -0.3 is 4.74 Å². The zero-order valence-electron chi connectivity index (χ0n) is 16.8. The van der Waals surface area contributed by atoms with E-state index in [-0.39, 0.29) is 10.9 Å². The predicted molar refractivity (Wildman–Crippen MR) is 118 cm³/mol. The Labute approximate surface area is 181 Å². The number of halogens is 1. The Morgan fingerprint density at radius 1 is 1.17 bits per heavy atom. The Balaban J connectivity index is 1.56. The maximum absolute atomic E-state index is 13.0. The summed E-state index contributed by atoms with van der Waals surface area (Å²) in [6.07, 6.45) is 2.65. The van der Waals surface area contributed by atoms with Gasteiger partial charge >= 0.3 is 0 Å². The predicted octanol–water partition coefficient (Wildman–Crippen LogP) is 3.86. The van der Waals surface area contributed by atoms with Crippen molar-refractivity contribution in [3.63, 3.8) is 0 Å². The molecule has 3 rings (SSSR count). The van der Waals surface area contributed by atoms with Gasteiger partial charge in [0.25, 0.3) is 0 Å². The summed E-state index contributed by atoms with van der Waals surface area (Å²) < 4.78 is 33.7. The number of nitrogens with one attached hydrogen (secondary N) is 2. The Morgan fingerprint density at radius 3 is 2.66 bits per heavy atom. The second kappa shape index (κ2) is 10.0. The van der Waals surface area contributed by atoms with Crippen LogP contribution in [0, 0.1) is 0 Å². The Bertz CT molecular complexity index is 909. The number of ether oxygens (including phenoxy) is 1. The summed E-state index contributed by atoms with van der Waals surface area (Å²) in [4.78, 5) is 0.195. The first-order valence-corrected chi connectivity index (χ1v) is 12.1. The second-order valence-electron chi connectivity index (χ2n) is 7.18. The van der Waals surface area contributed by atoms with Crippen LogP contribution in [0.1, 0.15) is 37.8 Å². The maximum atomic E-state index is 13.0. The summed E-state index contributed by atoms with van der Waals surface area (Å²) in [6, 6.07) is 16.0. The van der Waals surface area contributed by atoms with Crippen molar-refractivity contribution in [1.82, 2.24) is 15.2 Å². The number of hydrogen-bond donors (Lipinski definition) is 2. The van der Waals surface area contributed by atoms with Gasteiger partial charge in [0.15, 0.2) is 0 Å². The van der Waals surface area contributed by atoms with Gasteiger partial charge in [-0.2, -0.15) is 0 Å². The van der Waals surface area contributed by atoms with Crippen LogP contribution in [-0.4, -0.2) is 39.0 Å². The van der Waals surface area contributed by atoms with Crippen LogP contribution in [0.4, 0.5) is 0 Å². The average molecular weight is 482 g/mol. The molecule has 2 aromatic carbocycles. The minimum atomic E-state index is -3.62. The van der Waals surface area contributed by atoms with Crippen molar-refractivity contribution < 1.29 is 13.2 Å². The summed E-state index contributed by atoms with van der Waals surface area (Å²) >= 11 is 3.36. The molecule has 2 aromatic rings. The molecule has 0 aromatic heterocycles. The van der Waals surface area contributed by atoms with Crippen LogP contribution >= 0.6 is 15.9 Å². The summed E-state index contributed by atoms with van der Waals surface area (Å²) in [5.41, 5.74) is 7.94. The molecule has 8 heteroatoms. The lowest BCUT2D eigenvalue weighted by Crippen LogP contribution is -2.32. The summed E-state index contributed by atoms with van der Waals surface area (Å²) in [6.45, 7) is 2.71. The van der Waals surface area contributed by atoms with Crippen molar-refractivity contribution in [2.45, 2.75) is 43.2 Å². The highest BCUT2D eigenvalue weighted by Gasteiger charge is 2.27. The molecule has 2 N–H and O–H groups in total. The highest BCUT2D eigenvalue weighted by atomic mass is 79.9. The highest BCUT2D eigenvalue weighted by molar-refractivity contribution is 9.10. The van der Waals surface area contributed by atoms with Gasteiger partial charge in [-0.05, 0) is 49.9 Å². The molecule has 1 saturated heterocycles. The van der Waals surface area contributed by atoms with Crippen molar-refractivity contribution >= 4 is 26.0 Å². The van der Waals surface area contributed by atoms with Gasteiger partial charge in [-0.25, -0.2) is 12.7 Å². The van der Waals surface area contributed by atoms with Crippen molar-refractivity contribution in [2.75, 3.05) is 20.2 Å². The molecule has 0 radical (unpaired) electrons. The normalized spacial score (nSPS) is 19.6. The molecule has 2 atom stereocenters. The van der Waals surface area contributed by atoms with E-state index < -0.39 is 10.0 Å². The summed E-state index contributed by atoms with van der Waals surface area (Å²) in [5, 5.41) is 0. The van der Waals surface area contributed by atoms with E-state index in [4.69, 9.17) is 4.74 Å². The van der Waals surface area contributed by atoms with Crippen LogP contribution < -0.4 is 15.6 Å². The first-order valence-electron chi connectivity index (χ1n) is 9.86. The van der Waals surface area contributed by atoms with E-state index in [9.17, 15) is 8.42 Å². The molecule has 29 heavy (non-hydrogen) atoms. The lowest BCUT2D eigenvalue weighted by atomic mass is 10.00. The van der Waals surface area contributed by atoms with Crippen LogP contribution in [0.15, 0.2) is 57.9 Å². The number of sulfonamides is 1. The zero-order chi connectivity index (χ0) is 20.9. The molecule has 1 fully saturated rings. The van der Waals surface area contributed by atoms with E-state index in [1.165, 1.54) is 9.87 Å². The molecule has 158 valence electrons. The number of hydrogen-bond acceptors (Lipinski definition) is 5. The Morgan fingerprint density at radius 2 is 1.93 bits per heavy atom. The Kier molecular flexibility index (Phi) is 7.70. The molecule has 6 nitrogen and oxygen atoms in total. The molecular weight excluding hydrogens is 454 g/mol. The third-order valence-corrected chi connectivity index (χ3v) is 7.47. The van der Waals surface area contributed by atoms with Crippen LogP contribution in [0.3, 0.4) is 0 Å². The van der Waals surface area contributed by atoms with Crippen LogP contribution in [0.25, 0.3) is 0 Å². The number of nitrogens with zero attached hydrogens (tertiary/aromatic N) is 1. The van der Waals surface area contributed by atoms with E-state index in [1.807, 2.05) is 25.1 Å².